The molecule has 3 aromatic carbocycles. The van der Waals surface area contributed by atoms with Gasteiger partial charge in [-0.1, -0.05) is 24.3 Å². The Morgan fingerprint density at radius 3 is 2.16 bits per heavy atom. The molecule has 0 radical (unpaired) electrons. The number of nitriles is 1. The number of phenolic OH excluding ortho intramolecular Hbond substituents is 2. The number of carbonyl (C=O) groups excluding carboxylic acids is 1. The van der Waals surface area contributed by atoms with Crippen molar-refractivity contribution in [2.24, 2.45) is 0 Å². The number of amides is 1. The molecule has 0 aliphatic rings. The summed E-state index contributed by atoms with van der Waals surface area (Å²) in [7, 11) is 0. The molecular formula is C22H14F4N2O3. The zero-order valence-corrected chi connectivity index (χ0v) is 15.6. The molecular weight excluding hydrogens is 416 g/mol. The normalized spacial score (nSPS) is 12.1. The van der Waals surface area contributed by atoms with Crippen LogP contribution >= 0.6 is 0 Å². The van der Waals surface area contributed by atoms with E-state index in [9.17, 15) is 37.8 Å². The first kappa shape index (κ1) is 21.6. The van der Waals surface area contributed by atoms with Gasteiger partial charge >= 0.3 is 6.18 Å². The molecule has 5 nitrogen and oxygen atoms in total. The van der Waals surface area contributed by atoms with E-state index >= 15 is 0 Å². The lowest BCUT2D eigenvalue weighted by Crippen LogP contribution is -2.16. The molecule has 1 unspecified atom stereocenters. The van der Waals surface area contributed by atoms with Crippen LogP contribution in [0.5, 0.6) is 11.5 Å². The molecule has 158 valence electrons. The fourth-order valence-electron chi connectivity index (χ4n) is 3.06. The van der Waals surface area contributed by atoms with Gasteiger partial charge in [-0.05, 0) is 47.5 Å². The van der Waals surface area contributed by atoms with Crippen LogP contribution in [-0.2, 0) is 6.18 Å². The van der Waals surface area contributed by atoms with Gasteiger partial charge in [-0.25, -0.2) is 4.39 Å². The van der Waals surface area contributed by atoms with Crippen LogP contribution in [0.15, 0.2) is 60.7 Å². The summed E-state index contributed by atoms with van der Waals surface area (Å²) in [6, 6.07) is 12.7. The highest BCUT2D eigenvalue weighted by atomic mass is 19.4. The van der Waals surface area contributed by atoms with E-state index in [0.29, 0.717) is 6.07 Å². The highest BCUT2D eigenvalue weighted by Gasteiger charge is 2.36. The predicted octanol–water partition coefficient (Wildman–Crippen LogP) is 5.16. The molecule has 1 amide bonds. The van der Waals surface area contributed by atoms with Crippen LogP contribution in [0.2, 0.25) is 0 Å². The summed E-state index contributed by atoms with van der Waals surface area (Å²) in [6.07, 6.45) is -4.86. The van der Waals surface area contributed by atoms with Crippen LogP contribution in [0.3, 0.4) is 0 Å². The first-order chi connectivity index (χ1) is 14.6. The van der Waals surface area contributed by atoms with Gasteiger partial charge in [0.25, 0.3) is 5.91 Å². The fraction of sp³-hybridized carbons (Fsp3) is 0.0909. The number of benzene rings is 3. The van der Waals surface area contributed by atoms with E-state index in [1.807, 2.05) is 0 Å². The molecule has 1 atom stereocenters. The predicted molar refractivity (Wildman–Crippen MR) is 103 cm³/mol. The first-order valence-corrected chi connectivity index (χ1v) is 8.80. The van der Waals surface area contributed by atoms with Gasteiger partial charge in [0, 0.05) is 5.69 Å². The Bertz CT molecular complexity index is 1150. The van der Waals surface area contributed by atoms with Crippen LogP contribution in [0.4, 0.5) is 23.2 Å². The van der Waals surface area contributed by atoms with Crippen LogP contribution in [-0.4, -0.2) is 16.1 Å². The van der Waals surface area contributed by atoms with E-state index in [1.54, 1.807) is 6.07 Å². The summed E-state index contributed by atoms with van der Waals surface area (Å²) in [6.45, 7) is 0. The molecule has 3 rings (SSSR count). The van der Waals surface area contributed by atoms with Crippen LogP contribution in [0, 0.1) is 17.1 Å². The largest absolute Gasteiger partial charge is 0.507 e. The van der Waals surface area contributed by atoms with E-state index in [1.165, 1.54) is 18.2 Å². The molecule has 0 heterocycles. The van der Waals surface area contributed by atoms with Gasteiger partial charge in [0.15, 0.2) is 0 Å². The van der Waals surface area contributed by atoms with Crippen molar-refractivity contribution < 1.29 is 32.6 Å². The van der Waals surface area contributed by atoms with Crippen molar-refractivity contribution in [2.75, 3.05) is 5.32 Å². The van der Waals surface area contributed by atoms with E-state index < -0.39 is 46.4 Å². The molecule has 0 bridgehead atoms. The van der Waals surface area contributed by atoms with Gasteiger partial charge in [0.1, 0.15) is 22.9 Å². The van der Waals surface area contributed by atoms with Crippen molar-refractivity contribution in [3.63, 3.8) is 0 Å². The average molecular weight is 430 g/mol. The Balaban J connectivity index is 2.02. The maximum atomic E-state index is 13.7. The van der Waals surface area contributed by atoms with Gasteiger partial charge in [0.05, 0.1) is 17.6 Å². The molecule has 0 fully saturated rings. The van der Waals surface area contributed by atoms with E-state index in [2.05, 4.69) is 5.32 Å². The second kappa shape index (κ2) is 8.36. The van der Waals surface area contributed by atoms with Gasteiger partial charge in [0.2, 0.25) is 0 Å². The number of hydrogen-bond donors (Lipinski definition) is 3. The summed E-state index contributed by atoms with van der Waals surface area (Å²) in [4.78, 5) is 12.3. The van der Waals surface area contributed by atoms with Crippen LogP contribution in [0.1, 0.15) is 33.0 Å². The Morgan fingerprint density at radius 1 is 1.00 bits per heavy atom. The van der Waals surface area contributed by atoms with Crippen molar-refractivity contribution in [1.29, 1.82) is 5.26 Å². The van der Waals surface area contributed by atoms with E-state index in [4.69, 9.17) is 0 Å². The molecule has 3 N–H and O–H groups in total. The number of phenols is 2. The molecule has 9 heteroatoms. The van der Waals surface area contributed by atoms with Gasteiger partial charge in [-0.3, -0.25) is 4.79 Å². The highest BCUT2D eigenvalue weighted by molar-refractivity contribution is 6.08. The van der Waals surface area contributed by atoms with Crippen molar-refractivity contribution >= 4 is 11.6 Å². The van der Waals surface area contributed by atoms with Crippen molar-refractivity contribution in [3.8, 4) is 17.6 Å². The quantitative estimate of drug-likeness (QED) is 0.498. The highest BCUT2D eigenvalue weighted by Crippen LogP contribution is 2.39. The smallest absolute Gasteiger partial charge is 0.416 e. The summed E-state index contributed by atoms with van der Waals surface area (Å²) in [5, 5.41) is 31.2. The molecule has 3 aromatic rings. The topological polar surface area (TPSA) is 93.4 Å². The zero-order chi connectivity index (χ0) is 22.8. The fourth-order valence-corrected chi connectivity index (χ4v) is 3.06. The standard InChI is InChI=1S/C22H14F4N2O3/c23-13-6-4-12(5-7-13)16(11-27)15-9-8-14(10-17(15)22(24,25)26)28-21(31)20-18(29)2-1-3-19(20)30/h1-10,16,29-30H,(H,28,31). The number of anilines is 1. The van der Waals surface area contributed by atoms with Crippen molar-refractivity contribution in [3.05, 3.63) is 88.7 Å². The average Bonchev–Trinajstić information content (AvgIpc) is 2.70. The molecule has 31 heavy (non-hydrogen) atoms. The maximum Gasteiger partial charge on any atom is 0.416 e. The van der Waals surface area contributed by atoms with E-state index in [0.717, 1.165) is 36.4 Å². The Hall–Kier alpha value is -4.06. The molecule has 0 aromatic heterocycles. The summed E-state index contributed by atoms with van der Waals surface area (Å²) in [5.74, 6) is -4.05. The third kappa shape index (κ3) is 4.59. The maximum absolute atomic E-state index is 13.7. The Labute approximate surface area is 173 Å². The molecule has 0 saturated heterocycles. The van der Waals surface area contributed by atoms with Crippen LogP contribution < -0.4 is 5.32 Å². The zero-order valence-electron chi connectivity index (χ0n) is 15.6. The number of alkyl halides is 3. The lowest BCUT2D eigenvalue weighted by molar-refractivity contribution is -0.138. The second-order valence-corrected chi connectivity index (χ2v) is 6.54. The monoisotopic (exact) mass is 430 g/mol. The lowest BCUT2D eigenvalue weighted by atomic mass is 9.88. The lowest BCUT2D eigenvalue weighted by Gasteiger charge is -2.19. The third-order valence-electron chi connectivity index (χ3n) is 4.51. The minimum atomic E-state index is -4.86. The molecule has 0 spiro atoms. The van der Waals surface area contributed by atoms with Gasteiger partial charge < -0.3 is 15.5 Å². The van der Waals surface area contributed by atoms with Crippen LogP contribution in [0.25, 0.3) is 0 Å². The first-order valence-electron chi connectivity index (χ1n) is 8.80. The molecule has 0 aliphatic carbocycles. The summed E-state index contributed by atoms with van der Waals surface area (Å²) < 4.78 is 54.4. The van der Waals surface area contributed by atoms with Gasteiger partial charge in [-0.2, -0.15) is 18.4 Å². The SMILES string of the molecule is N#CC(c1ccc(F)cc1)c1ccc(NC(=O)c2c(O)cccc2O)cc1C(F)(F)F. The number of carbonyl (C=O) groups is 1. The minimum absolute atomic E-state index is 0.172. The number of hydrogen-bond acceptors (Lipinski definition) is 4. The summed E-state index contributed by atoms with van der Waals surface area (Å²) in [5.41, 5.74) is -2.13. The van der Waals surface area contributed by atoms with Gasteiger partial charge in [-0.15, -0.1) is 0 Å². The Kier molecular flexibility index (Phi) is 5.83. The number of aromatic hydroxyl groups is 2. The van der Waals surface area contributed by atoms with Crippen molar-refractivity contribution in [2.45, 2.75) is 12.1 Å². The molecule has 0 saturated carbocycles. The third-order valence-corrected chi connectivity index (χ3v) is 4.51. The minimum Gasteiger partial charge on any atom is -0.507 e. The van der Waals surface area contributed by atoms with E-state index in [-0.39, 0.29) is 16.8 Å². The second-order valence-electron chi connectivity index (χ2n) is 6.54. The number of nitrogens with one attached hydrogen (secondary N) is 1. The van der Waals surface area contributed by atoms with Crippen molar-refractivity contribution in [1.82, 2.24) is 0 Å². The molecule has 0 aliphatic heterocycles. The number of nitrogens with zero attached hydrogens (tertiary/aromatic N) is 1. The summed E-state index contributed by atoms with van der Waals surface area (Å²) >= 11 is 0. The number of halogens is 4. The number of rotatable bonds is 4. The Morgan fingerprint density at radius 2 is 1.61 bits per heavy atom.